The monoisotopic (exact) mass is 413 g/mol. The second kappa shape index (κ2) is 9.09. The van der Waals surface area contributed by atoms with Gasteiger partial charge in [0.1, 0.15) is 6.61 Å². The topological polar surface area (TPSA) is 38.8 Å². The van der Waals surface area contributed by atoms with E-state index in [2.05, 4.69) is 38.1 Å². The molecule has 0 bridgehead atoms. The molecule has 4 rings (SSSR count). The molecule has 0 saturated heterocycles. The first-order valence-electron chi connectivity index (χ1n) is 10.6. The Morgan fingerprint density at radius 2 is 1.74 bits per heavy atom. The number of ether oxygens (including phenoxy) is 2. The highest BCUT2D eigenvalue weighted by Gasteiger charge is 2.31. The Bertz CT molecular complexity index is 1120. The number of hydrogen-bond acceptors (Lipinski definition) is 3. The third kappa shape index (κ3) is 4.33. The van der Waals surface area contributed by atoms with E-state index < -0.39 is 0 Å². The normalized spacial score (nSPS) is 14.1. The molecule has 4 nitrogen and oxygen atoms in total. The number of carbonyl (C=O) groups excluding carboxylic acids is 1. The van der Waals surface area contributed by atoms with Gasteiger partial charge in [-0.2, -0.15) is 0 Å². The average molecular weight is 414 g/mol. The fraction of sp³-hybridized carbons (Fsp3) is 0.222. The minimum Gasteiger partial charge on any atom is -0.493 e. The summed E-state index contributed by atoms with van der Waals surface area (Å²) in [5.41, 5.74) is 5.88. The summed E-state index contributed by atoms with van der Waals surface area (Å²) in [6.45, 7) is 5.32. The minimum atomic E-state index is 0.0433. The van der Waals surface area contributed by atoms with Crippen LogP contribution in [0.2, 0.25) is 0 Å². The lowest BCUT2D eigenvalue weighted by Gasteiger charge is -2.15. The van der Waals surface area contributed by atoms with Crippen LogP contribution in [0, 0.1) is 6.92 Å². The fourth-order valence-corrected chi connectivity index (χ4v) is 3.80. The maximum Gasteiger partial charge on any atom is 0.258 e. The maximum atomic E-state index is 13.1. The van der Waals surface area contributed by atoms with Crippen molar-refractivity contribution in [2.75, 3.05) is 18.6 Å². The van der Waals surface area contributed by atoms with Gasteiger partial charge in [-0.25, -0.2) is 0 Å². The molecule has 0 radical (unpaired) electrons. The SMILES string of the molecule is CCCN1C(=O)/C(=C\c2ccc(OCc3ccc(C)cc3)c(OC)c2)c2ccccc21. The number of anilines is 1. The number of nitrogens with zero attached hydrogens (tertiary/aromatic N) is 1. The van der Waals surface area contributed by atoms with Crippen molar-refractivity contribution in [3.63, 3.8) is 0 Å². The summed E-state index contributed by atoms with van der Waals surface area (Å²) in [4.78, 5) is 14.9. The van der Waals surface area contributed by atoms with Crippen molar-refractivity contribution in [2.24, 2.45) is 0 Å². The van der Waals surface area contributed by atoms with Gasteiger partial charge in [-0.3, -0.25) is 4.79 Å². The molecule has 158 valence electrons. The largest absolute Gasteiger partial charge is 0.493 e. The van der Waals surface area contributed by atoms with Crippen LogP contribution >= 0.6 is 0 Å². The van der Waals surface area contributed by atoms with E-state index in [9.17, 15) is 4.79 Å². The molecule has 0 aromatic heterocycles. The summed E-state index contributed by atoms with van der Waals surface area (Å²) in [6.07, 6.45) is 2.84. The van der Waals surface area contributed by atoms with Gasteiger partial charge >= 0.3 is 0 Å². The Labute approximate surface area is 183 Å². The minimum absolute atomic E-state index is 0.0433. The molecule has 1 heterocycles. The van der Waals surface area contributed by atoms with Gasteiger partial charge in [0.2, 0.25) is 0 Å². The van der Waals surface area contributed by atoms with Gasteiger partial charge in [0.25, 0.3) is 5.91 Å². The number of para-hydroxylation sites is 1. The van der Waals surface area contributed by atoms with E-state index in [1.165, 1.54) is 5.56 Å². The van der Waals surface area contributed by atoms with Crippen LogP contribution in [0.15, 0.2) is 66.7 Å². The summed E-state index contributed by atoms with van der Waals surface area (Å²) in [7, 11) is 1.63. The standard InChI is InChI=1S/C27H27NO3/c1-4-15-28-24-8-6-5-7-22(24)23(27(28)29)16-21-13-14-25(26(17-21)30-3)31-18-20-11-9-19(2)10-12-20/h5-14,16-17H,4,15,18H2,1-3H3/b23-16-. The van der Waals surface area contributed by atoms with Crippen molar-refractivity contribution in [3.8, 4) is 11.5 Å². The molecule has 0 N–H and O–H groups in total. The summed E-state index contributed by atoms with van der Waals surface area (Å²) >= 11 is 0. The van der Waals surface area contributed by atoms with Crippen LogP contribution in [0.5, 0.6) is 11.5 Å². The Morgan fingerprint density at radius 1 is 0.968 bits per heavy atom. The first-order chi connectivity index (χ1) is 15.1. The molecule has 0 fully saturated rings. The quantitative estimate of drug-likeness (QED) is 0.454. The number of amides is 1. The molecule has 0 spiro atoms. The van der Waals surface area contributed by atoms with Crippen LogP contribution in [-0.2, 0) is 11.4 Å². The van der Waals surface area contributed by atoms with Crippen molar-refractivity contribution >= 4 is 23.2 Å². The molecule has 0 unspecified atom stereocenters. The molecule has 1 aliphatic rings. The van der Waals surface area contributed by atoms with Gasteiger partial charge in [0.05, 0.1) is 12.8 Å². The van der Waals surface area contributed by atoms with Gasteiger partial charge in [-0.05, 0) is 48.7 Å². The summed E-state index contributed by atoms with van der Waals surface area (Å²) in [5, 5.41) is 0. The van der Waals surface area contributed by atoms with E-state index in [1.54, 1.807) is 7.11 Å². The lowest BCUT2D eigenvalue weighted by molar-refractivity contribution is -0.113. The van der Waals surface area contributed by atoms with Gasteiger partial charge in [-0.1, -0.05) is 61.0 Å². The summed E-state index contributed by atoms with van der Waals surface area (Å²) in [6, 6.07) is 22.0. The number of benzene rings is 3. The Hall–Kier alpha value is -3.53. The Morgan fingerprint density at radius 3 is 2.48 bits per heavy atom. The van der Waals surface area contributed by atoms with Crippen LogP contribution in [0.4, 0.5) is 5.69 Å². The summed E-state index contributed by atoms with van der Waals surface area (Å²) in [5.74, 6) is 1.36. The number of methoxy groups -OCH3 is 1. The van der Waals surface area contributed by atoms with Gasteiger partial charge in [-0.15, -0.1) is 0 Å². The van der Waals surface area contributed by atoms with Gasteiger partial charge in [0, 0.05) is 17.7 Å². The van der Waals surface area contributed by atoms with Crippen molar-refractivity contribution in [2.45, 2.75) is 26.9 Å². The third-order valence-corrected chi connectivity index (χ3v) is 5.42. The van der Waals surface area contributed by atoms with Gasteiger partial charge < -0.3 is 14.4 Å². The predicted octanol–water partition coefficient (Wildman–Crippen LogP) is 5.88. The van der Waals surface area contributed by atoms with Crippen molar-refractivity contribution in [1.29, 1.82) is 0 Å². The first kappa shape index (κ1) is 20.7. The molecule has 4 heteroatoms. The molecule has 1 amide bonds. The van der Waals surface area contributed by atoms with Crippen molar-refractivity contribution in [1.82, 2.24) is 0 Å². The molecule has 3 aromatic carbocycles. The Kier molecular flexibility index (Phi) is 6.08. The van der Waals surface area contributed by atoms with Crippen LogP contribution in [-0.4, -0.2) is 19.6 Å². The maximum absolute atomic E-state index is 13.1. The molecular formula is C27H27NO3. The van der Waals surface area contributed by atoms with E-state index in [4.69, 9.17) is 9.47 Å². The number of fused-ring (bicyclic) bond motifs is 1. The number of rotatable bonds is 7. The molecular weight excluding hydrogens is 386 g/mol. The van der Waals surface area contributed by atoms with Crippen LogP contribution in [0.25, 0.3) is 11.6 Å². The Balaban J connectivity index is 1.59. The second-order valence-corrected chi connectivity index (χ2v) is 7.72. The van der Waals surface area contributed by atoms with E-state index in [1.807, 2.05) is 53.4 Å². The number of carbonyl (C=O) groups is 1. The highest BCUT2D eigenvalue weighted by atomic mass is 16.5. The van der Waals surface area contributed by atoms with E-state index >= 15 is 0 Å². The average Bonchev–Trinajstić information content (AvgIpc) is 3.05. The zero-order valence-corrected chi connectivity index (χ0v) is 18.2. The smallest absolute Gasteiger partial charge is 0.258 e. The van der Waals surface area contributed by atoms with Crippen LogP contribution in [0.3, 0.4) is 0 Å². The van der Waals surface area contributed by atoms with Gasteiger partial charge in [0.15, 0.2) is 11.5 Å². The highest BCUT2D eigenvalue weighted by Crippen LogP contribution is 2.38. The molecule has 1 aliphatic heterocycles. The molecule has 0 atom stereocenters. The van der Waals surface area contributed by atoms with Crippen molar-refractivity contribution in [3.05, 3.63) is 89.0 Å². The molecule has 31 heavy (non-hydrogen) atoms. The van der Waals surface area contributed by atoms with E-state index in [0.29, 0.717) is 30.2 Å². The van der Waals surface area contributed by atoms with Crippen LogP contribution in [0.1, 0.15) is 35.6 Å². The third-order valence-electron chi connectivity index (χ3n) is 5.42. The predicted molar refractivity (Wildman–Crippen MR) is 125 cm³/mol. The first-order valence-corrected chi connectivity index (χ1v) is 10.6. The molecule has 0 aliphatic carbocycles. The fourth-order valence-electron chi connectivity index (χ4n) is 3.80. The van der Waals surface area contributed by atoms with Crippen LogP contribution < -0.4 is 14.4 Å². The zero-order valence-electron chi connectivity index (χ0n) is 18.2. The molecule has 0 saturated carbocycles. The van der Waals surface area contributed by atoms with E-state index in [-0.39, 0.29) is 5.91 Å². The highest BCUT2D eigenvalue weighted by molar-refractivity contribution is 6.35. The van der Waals surface area contributed by atoms with Crippen molar-refractivity contribution < 1.29 is 14.3 Å². The molecule has 3 aromatic rings. The number of hydrogen-bond donors (Lipinski definition) is 0. The second-order valence-electron chi connectivity index (χ2n) is 7.72. The lowest BCUT2D eigenvalue weighted by Crippen LogP contribution is -2.26. The van der Waals surface area contributed by atoms with E-state index in [0.717, 1.165) is 28.8 Å². The zero-order chi connectivity index (χ0) is 21.8. The lowest BCUT2D eigenvalue weighted by atomic mass is 10.0. The number of aryl methyl sites for hydroxylation is 1. The summed E-state index contributed by atoms with van der Waals surface area (Å²) < 4.78 is 11.5.